The number of rotatable bonds is 3. The molecule has 3 atom stereocenters. The normalized spacial score (nSPS) is 25.4. The van der Waals surface area contributed by atoms with Gasteiger partial charge in [-0.2, -0.15) is 0 Å². The lowest BCUT2D eigenvalue weighted by atomic mass is 9.84. The molecule has 1 aliphatic rings. The van der Waals surface area contributed by atoms with Crippen LogP contribution < -0.4 is 5.73 Å². The maximum absolute atomic E-state index is 9.35. The fraction of sp³-hybridized carbons (Fsp3) is 0.500. The van der Waals surface area contributed by atoms with Crippen molar-refractivity contribution in [2.75, 3.05) is 0 Å². The first-order valence-corrected chi connectivity index (χ1v) is 5.03. The molecule has 0 aromatic carbocycles. The van der Waals surface area contributed by atoms with Crippen LogP contribution in [0, 0.1) is 11.8 Å². The molecule has 3 N–H and O–H groups in total. The number of nitrogens with two attached hydrogens (primary N) is 1. The van der Waals surface area contributed by atoms with Gasteiger partial charge in [-0.05, 0) is 24.8 Å². The largest absolute Gasteiger partial charge is 0.402 e. The molecule has 3 unspecified atom stereocenters. The Morgan fingerprint density at radius 1 is 1.64 bits per heavy atom. The molecule has 0 aromatic heterocycles. The number of aliphatic hydroxyl groups excluding tert-OH is 1. The van der Waals surface area contributed by atoms with Gasteiger partial charge in [0.15, 0.2) is 0 Å². The topological polar surface area (TPSA) is 46.2 Å². The second-order valence-electron chi connectivity index (χ2n) is 4.00. The molecule has 0 fully saturated rings. The third-order valence-electron chi connectivity index (χ3n) is 2.87. The van der Waals surface area contributed by atoms with Crippen molar-refractivity contribution >= 4 is 0 Å². The Labute approximate surface area is 85.8 Å². The van der Waals surface area contributed by atoms with Gasteiger partial charge in [0.25, 0.3) is 0 Å². The molecular weight excluding hydrogens is 174 g/mol. The zero-order valence-corrected chi connectivity index (χ0v) is 8.90. The molecule has 0 heterocycles. The molecule has 2 heteroatoms. The molecule has 0 radical (unpaired) electrons. The molecule has 2 nitrogen and oxygen atoms in total. The molecule has 0 amide bonds. The molecule has 78 valence electrons. The van der Waals surface area contributed by atoms with E-state index in [4.69, 9.17) is 5.73 Å². The van der Waals surface area contributed by atoms with Crippen molar-refractivity contribution in [1.29, 1.82) is 0 Å². The molecular formula is C12H19NO. The van der Waals surface area contributed by atoms with Crippen molar-refractivity contribution < 1.29 is 5.11 Å². The summed E-state index contributed by atoms with van der Waals surface area (Å²) in [4.78, 5) is 0. The Morgan fingerprint density at radius 3 is 2.64 bits per heavy atom. The summed E-state index contributed by atoms with van der Waals surface area (Å²) in [6, 6.07) is 0. The highest BCUT2D eigenvalue weighted by Gasteiger charge is 2.18. The van der Waals surface area contributed by atoms with Crippen LogP contribution in [0.1, 0.15) is 20.3 Å². The average molecular weight is 193 g/mol. The molecule has 1 aliphatic carbocycles. The Hall–Kier alpha value is -1.02. The molecule has 0 saturated carbocycles. The third kappa shape index (κ3) is 2.48. The lowest BCUT2D eigenvalue weighted by Crippen LogP contribution is -2.18. The fourth-order valence-electron chi connectivity index (χ4n) is 1.61. The maximum Gasteiger partial charge on any atom is 0.0758 e. The van der Waals surface area contributed by atoms with Crippen LogP contribution >= 0.6 is 0 Å². The molecule has 1 rings (SSSR count). The number of hydrogen-bond acceptors (Lipinski definition) is 2. The van der Waals surface area contributed by atoms with Gasteiger partial charge in [-0.15, -0.1) is 0 Å². The Balaban J connectivity index is 2.60. The standard InChI is InChI=1S/C12H19NO/c1-8(9(2)13)11-4-6-12(7-5-11)10(3)14/h4,6-8,10-11,14H,2,5,13H2,1,3H3. The lowest BCUT2D eigenvalue weighted by molar-refractivity contribution is 0.233. The zero-order valence-electron chi connectivity index (χ0n) is 8.90. The Bertz CT molecular complexity index is 276. The van der Waals surface area contributed by atoms with Gasteiger partial charge in [0.2, 0.25) is 0 Å². The smallest absolute Gasteiger partial charge is 0.0758 e. The second-order valence-corrected chi connectivity index (χ2v) is 4.00. The fourth-order valence-corrected chi connectivity index (χ4v) is 1.61. The molecule has 0 saturated heterocycles. The summed E-state index contributed by atoms with van der Waals surface area (Å²) in [5, 5.41) is 9.35. The third-order valence-corrected chi connectivity index (χ3v) is 2.87. The van der Waals surface area contributed by atoms with Crippen LogP contribution in [-0.4, -0.2) is 11.2 Å². The van der Waals surface area contributed by atoms with Crippen LogP contribution in [0.15, 0.2) is 36.1 Å². The first-order valence-electron chi connectivity index (χ1n) is 5.03. The van der Waals surface area contributed by atoms with Crippen molar-refractivity contribution in [2.24, 2.45) is 17.6 Å². The van der Waals surface area contributed by atoms with E-state index in [0.717, 1.165) is 17.7 Å². The summed E-state index contributed by atoms with van der Waals surface area (Å²) in [5.74, 6) is 0.730. The first kappa shape index (κ1) is 11.1. The van der Waals surface area contributed by atoms with Crippen molar-refractivity contribution in [2.45, 2.75) is 26.4 Å². The van der Waals surface area contributed by atoms with Gasteiger partial charge in [0.05, 0.1) is 6.10 Å². The minimum atomic E-state index is -0.372. The van der Waals surface area contributed by atoms with E-state index in [2.05, 4.69) is 25.7 Å². The van der Waals surface area contributed by atoms with E-state index in [1.54, 1.807) is 6.92 Å². The SMILES string of the molecule is C=C(N)C(C)C1C=CC(C(C)O)=CC1. The van der Waals surface area contributed by atoms with Crippen molar-refractivity contribution in [3.8, 4) is 0 Å². The van der Waals surface area contributed by atoms with Crippen LogP contribution in [-0.2, 0) is 0 Å². The molecule has 14 heavy (non-hydrogen) atoms. The summed E-state index contributed by atoms with van der Waals surface area (Å²) in [7, 11) is 0. The predicted molar refractivity (Wildman–Crippen MR) is 59.5 cm³/mol. The van der Waals surface area contributed by atoms with E-state index in [1.165, 1.54) is 0 Å². The molecule has 0 aromatic rings. The van der Waals surface area contributed by atoms with Crippen molar-refractivity contribution in [1.82, 2.24) is 0 Å². The van der Waals surface area contributed by atoms with Gasteiger partial charge in [-0.25, -0.2) is 0 Å². The van der Waals surface area contributed by atoms with Gasteiger partial charge in [-0.1, -0.05) is 31.7 Å². The summed E-state index contributed by atoms with van der Waals surface area (Å²) in [5.41, 5.74) is 7.39. The highest BCUT2D eigenvalue weighted by Crippen LogP contribution is 2.27. The van der Waals surface area contributed by atoms with Crippen LogP contribution in [0.2, 0.25) is 0 Å². The number of aliphatic hydroxyl groups is 1. The Morgan fingerprint density at radius 2 is 2.29 bits per heavy atom. The molecule has 0 aliphatic heterocycles. The van der Waals surface area contributed by atoms with Crippen LogP contribution in [0.5, 0.6) is 0 Å². The molecule has 0 spiro atoms. The predicted octanol–water partition coefficient (Wildman–Crippen LogP) is 1.98. The van der Waals surface area contributed by atoms with Crippen LogP contribution in [0.25, 0.3) is 0 Å². The van der Waals surface area contributed by atoms with Gasteiger partial charge in [0.1, 0.15) is 0 Å². The average Bonchev–Trinajstić information content (AvgIpc) is 2.16. The highest BCUT2D eigenvalue weighted by molar-refractivity contribution is 5.27. The van der Waals surface area contributed by atoms with Crippen molar-refractivity contribution in [3.63, 3.8) is 0 Å². The van der Waals surface area contributed by atoms with E-state index in [-0.39, 0.29) is 6.10 Å². The van der Waals surface area contributed by atoms with Crippen LogP contribution in [0.4, 0.5) is 0 Å². The minimum absolute atomic E-state index is 0.304. The summed E-state index contributed by atoms with van der Waals surface area (Å²) >= 11 is 0. The highest BCUT2D eigenvalue weighted by atomic mass is 16.3. The van der Waals surface area contributed by atoms with Gasteiger partial charge in [0, 0.05) is 11.6 Å². The van der Waals surface area contributed by atoms with Gasteiger partial charge >= 0.3 is 0 Å². The van der Waals surface area contributed by atoms with E-state index >= 15 is 0 Å². The van der Waals surface area contributed by atoms with Gasteiger partial charge in [-0.3, -0.25) is 0 Å². The Kier molecular flexibility index (Phi) is 3.53. The second kappa shape index (κ2) is 4.47. The van der Waals surface area contributed by atoms with E-state index in [9.17, 15) is 5.11 Å². The maximum atomic E-state index is 9.35. The van der Waals surface area contributed by atoms with E-state index in [1.807, 2.05) is 6.08 Å². The van der Waals surface area contributed by atoms with E-state index in [0.29, 0.717) is 11.8 Å². The summed E-state index contributed by atoms with van der Waals surface area (Å²) in [6.45, 7) is 7.62. The minimum Gasteiger partial charge on any atom is -0.402 e. The van der Waals surface area contributed by atoms with Crippen LogP contribution in [0.3, 0.4) is 0 Å². The summed E-state index contributed by atoms with van der Waals surface area (Å²) in [6.07, 6.45) is 6.75. The summed E-state index contributed by atoms with van der Waals surface area (Å²) < 4.78 is 0. The first-order chi connectivity index (χ1) is 6.52. The number of hydrogen-bond donors (Lipinski definition) is 2. The van der Waals surface area contributed by atoms with Crippen molar-refractivity contribution in [3.05, 3.63) is 36.1 Å². The van der Waals surface area contributed by atoms with E-state index < -0.39 is 0 Å². The monoisotopic (exact) mass is 193 g/mol. The molecule has 0 bridgehead atoms. The quantitative estimate of drug-likeness (QED) is 0.720. The zero-order chi connectivity index (χ0) is 10.7. The number of allylic oxidation sites excluding steroid dienone is 3. The van der Waals surface area contributed by atoms with Gasteiger partial charge < -0.3 is 10.8 Å². The lowest BCUT2D eigenvalue weighted by Gasteiger charge is -2.23.